The Labute approximate surface area is 86.0 Å². The maximum atomic E-state index is 8.36. The van der Waals surface area contributed by atoms with E-state index in [2.05, 4.69) is 35.2 Å². The van der Waals surface area contributed by atoms with Crippen LogP contribution in [0.5, 0.6) is 0 Å². The number of carboxylic acid groups (broad SMARTS) is 1. The zero-order valence-electron chi connectivity index (χ0n) is 7.73. The third-order valence-corrected chi connectivity index (χ3v) is 3.78. The van der Waals surface area contributed by atoms with Crippen molar-refractivity contribution in [2.24, 2.45) is 0 Å². The zero-order chi connectivity index (χ0) is 9.94. The zero-order valence-corrected chi connectivity index (χ0v) is 10.7. The van der Waals surface area contributed by atoms with Gasteiger partial charge in [0.2, 0.25) is 0 Å². The Morgan fingerprint density at radius 2 is 2.00 bits per heavy atom. The Morgan fingerprint density at radius 1 is 1.46 bits per heavy atom. The van der Waals surface area contributed by atoms with Crippen LogP contribution >= 0.6 is 0 Å². The van der Waals surface area contributed by atoms with Crippen molar-refractivity contribution < 1.29 is 27.3 Å². The number of carbonyl (C=O) groups is 1. The molecule has 0 radical (unpaired) electrons. The molecule has 0 unspecified atom stereocenters. The molecule has 0 aromatic heterocycles. The van der Waals surface area contributed by atoms with E-state index in [-0.39, 0.29) is 6.47 Å². The molecule has 0 aliphatic carbocycles. The molecule has 68 valence electrons. The van der Waals surface area contributed by atoms with Gasteiger partial charge in [-0.3, -0.25) is 4.79 Å². The van der Waals surface area contributed by atoms with Crippen molar-refractivity contribution in [2.75, 3.05) is 4.06 Å². The molecule has 0 saturated carbocycles. The predicted octanol–water partition coefficient (Wildman–Crippen LogP) is 2.23. The third-order valence-electron chi connectivity index (χ3n) is 1.35. The monoisotopic (exact) mass is 231 g/mol. The van der Waals surface area contributed by atoms with Gasteiger partial charge in [-0.1, -0.05) is 0 Å². The van der Waals surface area contributed by atoms with Gasteiger partial charge < -0.3 is 5.11 Å². The fourth-order valence-corrected chi connectivity index (χ4v) is 2.45. The van der Waals surface area contributed by atoms with Crippen molar-refractivity contribution in [3.63, 3.8) is 0 Å². The molecule has 1 rings (SSSR count). The van der Waals surface area contributed by atoms with Crippen molar-refractivity contribution in [2.45, 2.75) is 11.9 Å². The molecule has 1 aromatic rings. The van der Waals surface area contributed by atoms with Crippen LogP contribution in [0.4, 0.5) is 5.69 Å². The molecule has 1 aromatic carbocycles. The van der Waals surface area contributed by atoms with Gasteiger partial charge in [-0.2, -0.15) is 0 Å². The van der Waals surface area contributed by atoms with Gasteiger partial charge in [-0.25, -0.2) is 0 Å². The summed E-state index contributed by atoms with van der Waals surface area (Å²) in [5.41, 5.74) is 1.30. The molecule has 0 saturated heterocycles. The first-order valence-corrected chi connectivity index (χ1v) is 7.80. The van der Waals surface area contributed by atoms with Crippen molar-refractivity contribution >= 4 is 12.2 Å². The fourth-order valence-electron chi connectivity index (χ4n) is 0.825. The Balaban J connectivity index is 0.000000424. The largest absolute Gasteiger partial charge is 0.483 e. The summed E-state index contributed by atoms with van der Waals surface area (Å²) >= 11 is -0.407. The molecule has 0 bridgehead atoms. The molecule has 4 heteroatoms. The summed E-state index contributed by atoms with van der Waals surface area (Å²) in [6.07, 6.45) is 0. The van der Waals surface area contributed by atoms with Crippen molar-refractivity contribution in [1.82, 2.24) is 0 Å². The van der Waals surface area contributed by atoms with E-state index in [4.69, 9.17) is 9.90 Å². The second kappa shape index (κ2) is 9.20. The van der Waals surface area contributed by atoms with Crippen LogP contribution in [-0.4, -0.2) is 11.6 Å². The number of hydrogen-bond donors (Lipinski definition) is 2. The predicted molar refractivity (Wildman–Crippen MR) is 49.2 cm³/mol. The van der Waals surface area contributed by atoms with E-state index < -0.39 is 17.4 Å². The summed E-state index contributed by atoms with van der Waals surface area (Å²) in [4.78, 5) is 8.36. The Morgan fingerprint density at radius 3 is 2.46 bits per heavy atom. The molecular weight excluding hydrogens is 219 g/mol. The van der Waals surface area contributed by atoms with Crippen LogP contribution in [0.25, 0.3) is 0 Å². The average Bonchev–Trinajstić information content (AvgIpc) is 2.18. The average molecular weight is 233 g/mol. The summed E-state index contributed by atoms with van der Waals surface area (Å²) in [7, 11) is 0. The summed E-state index contributed by atoms with van der Waals surface area (Å²) in [5, 5.41) is 8.25. The molecule has 0 atom stereocenters. The summed E-state index contributed by atoms with van der Waals surface area (Å²) in [5.74, 6) is 0. The maximum absolute atomic E-state index is 8.36. The molecule has 13 heavy (non-hydrogen) atoms. The summed E-state index contributed by atoms with van der Waals surface area (Å²) in [6, 6.07) is 10.4. The summed E-state index contributed by atoms with van der Waals surface area (Å²) in [6.45, 7) is 2.00. The Bertz CT molecular complexity index is 216. The van der Waals surface area contributed by atoms with Crippen LogP contribution in [0.2, 0.25) is 5.02 Å². The molecule has 0 spiro atoms. The van der Waals surface area contributed by atoms with E-state index >= 15 is 0 Å². The molecule has 2 N–H and O–H groups in total. The van der Waals surface area contributed by atoms with Crippen molar-refractivity contribution in [3.05, 3.63) is 30.3 Å². The second-order valence-corrected chi connectivity index (χ2v) is 6.29. The molecule has 0 aliphatic rings. The standard InChI is InChI=1S/C6H6N.C2H5.CH2O2.Zn/c7-6-4-2-1-3-5-6;1-2;2-1-3;/h1-5,7H;1H2,2H3;1H,(H,2,3);/q-1;;;+1. The molecule has 0 aliphatic heterocycles. The maximum Gasteiger partial charge on any atom is 0.290 e. The van der Waals surface area contributed by atoms with Gasteiger partial charge in [0.15, 0.2) is 0 Å². The van der Waals surface area contributed by atoms with E-state index in [1.54, 1.807) is 0 Å². The van der Waals surface area contributed by atoms with Gasteiger partial charge in [-0.05, 0) is 0 Å². The minimum Gasteiger partial charge on any atom is -0.483 e. The van der Waals surface area contributed by atoms with E-state index in [9.17, 15) is 0 Å². The number of hydrogen-bond acceptors (Lipinski definition) is 2. The Hall–Kier alpha value is -0.887. The van der Waals surface area contributed by atoms with Gasteiger partial charge in [0.1, 0.15) is 0 Å². The first-order valence-electron chi connectivity index (χ1n) is 4.22. The summed E-state index contributed by atoms with van der Waals surface area (Å²) < 4.78 is 3.48. The third kappa shape index (κ3) is 7.47. The number of para-hydroxylation sites is 1. The molecule has 3 nitrogen and oxygen atoms in total. The number of rotatable bonds is 3. The van der Waals surface area contributed by atoms with Crippen molar-refractivity contribution in [1.29, 1.82) is 0 Å². The van der Waals surface area contributed by atoms with E-state index in [1.165, 1.54) is 10.7 Å². The first-order chi connectivity index (χ1) is 6.35. The van der Waals surface area contributed by atoms with Gasteiger partial charge in [0.25, 0.3) is 6.47 Å². The Kier molecular flexibility index (Phi) is 8.58. The van der Waals surface area contributed by atoms with Crippen LogP contribution in [0.15, 0.2) is 30.3 Å². The van der Waals surface area contributed by atoms with Crippen LogP contribution in [0, 0.1) is 0 Å². The van der Waals surface area contributed by atoms with E-state index in [0.29, 0.717) is 0 Å². The van der Waals surface area contributed by atoms with Crippen LogP contribution in [0.3, 0.4) is 0 Å². The van der Waals surface area contributed by atoms with Crippen molar-refractivity contribution in [3.8, 4) is 0 Å². The van der Waals surface area contributed by atoms with Crippen LogP contribution in [0.1, 0.15) is 6.92 Å². The van der Waals surface area contributed by atoms with E-state index in [1.807, 2.05) is 6.07 Å². The minimum absolute atomic E-state index is 0.250. The van der Waals surface area contributed by atoms with E-state index in [0.717, 1.165) is 0 Å². The quantitative estimate of drug-likeness (QED) is 0.621. The fraction of sp³-hybridized carbons (Fsp3) is 0.222. The second-order valence-electron chi connectivity index (χ2n) is 2.40. The number of nitrogens with one attached hydrogen (secondary N) is 1. The minimum atomic E-state index is -0.407. The van der Waals surface area contributed by atoms with Crippen LogP contribution < -0.4 is 4.06 Å². The van der Waals surface area contributed by atoms with Gasteiger partial charge in [-0.15, -0.1) is 0 Å². The van der Waals surface area contributed by atoms with Gasteiger partial charge in [0.05, 0.1) is 0 Å². The number of anilines is 1. The molecular formula is C9H13NO2Zn. The normalized spacial score (nSPS) is 7.46. The van der Waals surface area contributed by atoms with Crippen LogP contribution in [-0.2, 0) is 22.2 Å². The topological polar surface area (TPSA) is 49.3 Å². The van der Waals surface area contributed by atoms with Gasteiger partial charge >= 0.3 is 69.4 Å². The SMILES string of the molecule is C[CH2][Zn][NH]c1ccccc1.O=CO. The molecule has 0 amide bonds. The first kappa shape index (κ1) is 12.1. The van der Waals surface area contributed by atoms with Gasteiger partial charge in [0, 0.05) is 0 Å². The molecule has 0 fully saturated rings. The molecule has 0 heterocycles. The number of benzene rings is 1. The smallest absolute Gasteiger partial charge is 0.290 e.